The molecule has 0 heterocycles. The fraction of sp³-hybridized carbons (Fsp3) is 0.148. The minimum absolute atomic E-state index is 0.137. The number of carbonyl (C=O) groups is 2. The zero-order valence-electron chi connectivity index (χ0n) is 19.4. The molecule has 0 fully saturated rings. The van der Waals surface area contributed by atoms with Crippen molar-refractivity contribution in [1.29, 1.82) is 5.26 Å². The van der Waals surface area contributed by atoms with Crippen molar-refractivity contribution in [1.82, 2.24) is 0 Å². The van der Waals surface area contributed by atoms with Gasteiger partial charge in [-0.25, -0.2) is 4.79 Å². The van der Waals surface area contributed by atoms with Gasteiger partial charge in [0.1, 0.15) is 24.0 Å². The number of nitrogens with one attached hydrogen (secondary N) is 1. The minimum Gasteiger partial charge on any atom is -0.490 e. The van der Waals surface area contributed by atoms with Crippen LogP contribution in [0.5, 0.6) is 17.2 Å². The molecule has 0 aliphatic rings. The Hall–Kier alpha value is -4.29. The second-order valence-electron chi connectivity index (χ2n) is 7.36. The molecule has 0 aliphatic carbocycles. The average Bonchev–Trinajstić information content (AvgIpc) is 2.88. The molecule has 0 aromatic heterocycles. The van der Waals surface area contributed by atoms with Crippen molar-refractivity contribution in [2.24, 2.45) is 0 Å². The highest BCUT2D eigenvalue weighted by molar-refractivity contribution is 9.10. The number of anilines is 1. The number of hydrogen-bond acceptors (Lipinski definition) is 6. The van der Waals surface area contributed by atoms with Crippen molar-refractivity contribution in [3.05, 3.63) is 87.9 Å². The van der Waals surface area contributed by atoms with E-state index in [1.54, 1.807) is 37.3 Å². The molecular weight excluding hydrogens is 528 g/mol. The number of rotatable bonds is 11. The molecule has 3 aromatic carbocycles. The number of amides is 1. The molecule has 2 N–H and O–H groups in total. The summed E-state index contributed by atoms with van der Waals surface area (Å²) in [5.74, 6) is -0.563. The topological polar surface area (TPSA) is 118 Å². The van der Waals surface area contributed by atoms with E-state index in [1.807, 2.05) is 36.4 Å². The first-order valence-corrected chi connectivity index (χ1v) is 11.7. The van der Waals surface area contributed by atoms with Crippen LogP contribution in [0.4, 0.5) is 5.69 Å². The standard InChI is InChI=1S/C27H23BrN2O6/c1-2-34-24-13-19(23(28)14-25(24)36-17-26(31)32)12-20(15-29)27(33)30-21-8-10-22(11-9-21)35-16-18-6-4-3-5-7-18/h3-14H,2,16-17H2,1H3,(H,30,33)(H,31,32)/b20-12+. The lowest BCUT2D eigenvalue weighted by atomic mass is 10.1. The number of benzene rings is 3. The van der Waals surface area contributed by atoms with Gasteiger partial charge < -0.3 is 24.6 Å². The van der Waals surface area contributed by atoms with E-state index in [9.17, 15) is 14.9 Å². The number of nitrogens with zero attached hydrogens (tertiary/aromatic N) is 1. The van der Waals surface area contributed by atoms with E-state index >= 15 is 0 Å². The van der Waals surface area contributed by atoms with Crippen molar-refractivity contribution >= 4 is 39.6 Å². The maximum atomic E-state index is 12.7. The second-order valence-corrected chi connectivity index (χ2v) is 8.21. The maximum absolute atomic E-state index is 12.7. The zero-order chi connectivity index (χ0) is 25.9. The van der Waals surface area contributed by atoms with E-state index < -0.39 is 18.5 Å². The lowest BCUT2D eigenvalue weighted by molar-refractivity contribution is -0.139. The number of ether oxygens (including phenoxy) is 3. The highest BCUT2D eigenvalue weighted by Gasteiger charge is 2.15. The summed E-state index contributed by atoms with van der Waals surface area (Å²) in [4.78, 5) is 23.6. The quantitative estimate of drug-likeness (QED) is 0.241. The van der Waals surface area contributed by atoms with Crippen LogP contribution in [0.15, 0.2) is 76.8 Å². The molecule has 184 valence electrons. The van der Waals surface area contributed by atoms with Crippen LogP contribution >= 0.6 is 15.9 Å². The van der Waals surface area contributed by atoms with Crippen molar-refractivity contribution in [2.45, 2.75) is 13.5 Å². The Labute approximate surface area is 216 Å². The van der Waals surface area contributed by atoms with Gasteiger partial charge in [-0.2, -0.15) is 5.26 Å². The van der Waals surface area contributed by atoms with Gasteiger partial charge in [0.25, 0.3) is 5.91 Å². The summed E-state index contributed by atoms with van der Waals surface area (Å²) in [5.41, 5.74) is 1.89. The largest absolute Gasteiger partial charge is 0.490 e. The zero-order valence-corrected chi connectivity index (χ0v) is 20.9. The van der Waals surface area contributed by atoms with Crippen LogP contribution in [-0.2, 0) is 16.2 Å². The Balaban J connectivity index is 1.71. The van der Waals surface area contributed by atoms with E-state index in [1.165, 1.54) is 12.1 Å². The number of carbonyl (C=O) groups excluding carboxylic acids is 1. The molecule has 0 saturated heterocycles. The van der Waals surface area contributed by atoms with Crippen molar-refractivity contribution in [3.63, 3.8) is 0 Å². The van der Waals surface area contributed by atoms with Crippen LogP contribution in [0, 0.1) is 11.3 Å². The Morgan fingerprint density at radius 3 is 2.36 bits per heavy atom. The van der Waals surface area contributed by atoms with Crippen LogP contribution in [-0.4, -0.2) is 30.2 Å². The molecule has 9 heteroatoms. The second kappa shape index (κ2) is 13.0. The third kappa shape index (κ3) is 7.61. The molecule has 0 spiro atoms. The van der Waals surface area contributed by atoms with Crippen LogP contribution in [0.2, 0.25) is 0 Å². The van der Waals surface area contributed by atoms with Crippen LogP contribution in [0.3, 0.4) is 0 Å². The van der Waals surface area contributed by atoms with Crippen molar-refractivity contribution < 1.29 is 28.9 Å². The molecule has 3 rings (SSSR count). The fourth-order valence-electron chi connectivity index (χ4n) is 3.06. The first-order chi connectivity index (χ1) is 17.4. The summed E-state index contributed by atoms with van der Waals surface area (Å²) in [6.45, 7) is 1.96. The Bertz CT molecular complexity index is 1280. The third-order valence-corrected chi connectivity index (χ3v) is 5.43. The van der Waals surface area contributed by atoms with E-state index in [4.69, 9.17) is 19.3 Å². The summed E-state index contributed by atoms with van der Waals surface area (Å²) in [6.07, 6.45) is 1.40. The molecule has 0 aliphatic heterocycles. The highest BCUT2D eigenvalue weighted by Crippen LogP contribution is 2.35. The molecular formula is C27H23BrN2O6. The molecule has 1 amide bonds. The SMILES string of the molecule is CCOc1cc(/C=C(\C#N)C(=O)Nc2ccc(OCc3ccccc3)cc2)c(Br)cc1OCC(=O)O. The molecule has 8 nitrogen and oxygen atoms in total. The average molecular weight is 551 g/mol. The highest BCUT2D eigenvalue weighted by atomic mass is 79.9. The summed E-state index contributed by atoms with van der Waals surface area (Å²) < 4.78 is 17.0. The molecule has 0 radical (unpaired) electrons. The number of hydrogen-bond donors (Lipinski definition) is 2. The third-order valence-electron chi connectivity index (χ3n) is 4.74. The first-order valence-electron chi connectivity index (χ1n) is 10.9. The van der Waals surface area contributed by atoms with Gasteiger partial charge in [-0.05, 0) is 60.5 Å². The van der Waals surface area contributed by atoms with Crippen LogP contribution in [0.1, 0.15) is 18.1 Å². The van der Waals surface area contributed by atoms with Gasteiger partial charge in [0, 0.05) is 10.2 Å². The van der Waals surface area contributed by atoms with Gasteiger partial charge in [-0.3, -0.25) is 4.79 Å². The molecule has 0 unspecified atom stereocenters. The maximum Gasteiger partial charge on any atom is 0.341 e. The van der Waals surface area contributed by atoms with E-state index in [0.29, 0.717) is 34.7 Å². The molecule has 0 atom stereocenters. The van der Waals surface area contributed by atoms with Gasteiger partial charge in [0.15, 0.2) is 18.1 Å². The van der Waals surface area contributed by atoms with Gasteiger partial charge >= 0.3 is 5.97 Å². The summed E-state index contributed by atoms with van der Waals surface area (Å²) in [5, 5.41) is 21.1. The van der Waals surface area contributed by atoms with Gasteiger partial charge in [-0.1, -0.05) is 46.3 Å². The van der Waals surface area contributed by atoms with E-state index in [-0.39, 0.29) is 17.1 Å². The first kappa shape index (κ1) is 26.3. The molecule has 36 heavy (non-hydrogen) atoms. The van der Waals surface area contributed by atoms with Gasteiger partial charge in [-0.15, -0.1) is 0 Å². The Morgan fingerprint density at radius 1 is 1.03 bits per heavy atom. The summed E-state index contributed by atoms with van der Waals surface area (Å²) in [6, 6.07) is 21.6. The van der Waals surface area contributed by atoms with Crippen LogP contribution in [0.25, 0.3) is 6.08 Å². The summed E-state index contributed by atoms with van der Waals surface area (Å²) >= 11 is 3.37. The minimum atomic E-state index is -1.13. The smallest absolute Gasteiger partial charge is 0.341 e. The van der Waals surface area contributed by atoms with Crippen LogP contribution < -0.4 is 19.5 Å². The lowest BCUT2D eigenvalue weighted by Crippen LogP contribution is -2.13. The van der Waals surface area contributed by atoms with Gasteiger partial charge in [0.2, 0.25) is 0 Å². The molecule has 3 aromatic rings. The normalized spacial score (nSPS) is 10.8. The van der Waals surface area contributed by atoms with Crippen molar-refractivity contribution in [2.75, 3.05) is 18.5 Å². The molecule has 0 bridgehead atoms. The fourth-order valence-corrected chi connectivity index (χ4v) is 3.50. The Kier molecular flexibility index (Phi) is 9.48. The molecule has 0 saturated carbocycles. The number of halogens is 1. The number of carboxylic acids is 1. The summed E-state index contributed by atoms with van der Waals surface area (Å²) in [7, 11) is 0. The predicted molar refractivity (Wildman–Crippen MR) is 138 cm³/mol. The predicted octanol–water partition coefficient (Wildman–Crippen LogP) is 5.44. The lowest BCUT2D eigenvalue weighted by Gasteiger charge is -2.13. The van der Waals surface area contributed by atoms with E-state index in [0.717, 1.165) is 5.56 Å². The number of nitriles is 1. The van der Waals surface area contributed by atoms with Gasteiger partial charge in [0.05, 0.1) is 6.61 Å². The number of carboxylic acid groups (broad SMARTS) is 1. The monoisotopic (exact) mass is 550 g/mol. The number of aliphatic carboxylic acids is 1. The Morgan fingerprint density at radius 2 is 1.72 bits per heavy atom. The van der Waals surface area contributed by atoms with E-state index in [2.05, 4.69) is 21.2 Å². The van der Waals surface area contributed by atoms with Crippen molar-refractivity contribution in [3.8, 4) is 23.3 Å².